The van der Waals surface area contributed by atoms with Crippen LogP contribution < -0.4 is 5.73 Å². The SMILES string of the molecule is CC(C)(C)OC(=O)C1=C2C[C@H](N)CN2C(c2nccs2)=NC1c1ccc(F)cc1Cl. The zero-order valence-electron chi connectivity index (χ0n) is 16.9. The topological polar surface area (TPSA) is 80.8 Å². The van der Waals surface area contributed by atoms with Gasteiger partial charge in [0.05, 0.1) is 5.57 Å². The van der Waals surface area contributed by atoms with Crippen molar-refractivity contribution in [3.05, 3.63) is 62.5 Å². The lowest BCUT2D eigenvalue weighted by molar-refractivity contribution is -0.150. The molecule has 1 unspecified atom stereocenters. The molecule has 1 fully saturated rings. The maximum atomic E-state index is 13.7. The van der Waals surface area contributed by atoms with Crippen molar-refractivity contribution in [3.63, 3.8) is 0 Å². The van der Waals surface area contributed by atoms with Crippen LogP contribution >= 0.6 is 22.9 Å². The van der Waals surface area contributed by atoms with Crippen LogP contribution in [0.15, 0.2) is 46.0 Å². The molecule has 4 rings (SSSR count). The summed E-state index contributed by atoms with van der Waals surface area (Å²) in [6, 6.07) is 3.18. The molecular weight excluding hydrogens is 427 g/mol. The van der Waals surface area contributed by atoms with Crippen LogP contribution in [-0.4, -0.2) is 39.9 Å². The number of nitrogens with zero attached hydrogens (tertiary/aromatic N) is 3. The van der Waals surface area contributed by atoms with Gasteiger partial charge in [-0.3, -0.25) is 4.99 Å². The van der Waals surface area contributed by atoms with Crippen LogP contribution in [0.5, 0.6) is 0 Å². The minimum absolute atomic E-state index is 0.162. The van der Waals surface area contributed by atoms with Crippen LogP contribution in [-0.2, 0) is 9.53 Å². The van der Waals surface area contributed by atoms with E-state index in [0.29, 0.717) is 34.9 Å². The van der Waals surface area contributed by atoms with Crippen molar-refractivity contribution < 1.29 is 13.9 Å². The third kappa shape index (κ3) is 3.99. The Bertz CT molecular complexity index is 1050. The molecule has 2 atom stereocenters. The van der Waals surface area contributed by atoms with Gasteiger partial charge in [-0.15, -0.1) is 11.3 Å². The van der Waals surface area contributed by atoms with E-state index in [1.807, 2.05) is 10.3 Å². The number of aromatic nitrogens is 1. The van der Waals surface area contributed by atoms with Gasteiger partial charge in [-0.1, -0.05) is 17.7 Å². The third-order valence-electron chi connectivity index (χ3n) is 4.79. The predicted octanol–water partition coefficient (Wildman–Crippen LogP) is 4.07. The Morgan fingerprint density at radius 3 is 2.80 bits per heavy atom. The van der Waals surface area contributed by atoms with Crippen LogP contribution in [0, 0.1) is 5.82 Å². The molecule has 0 bridgehead atoms. The van der Waals surface area contributed by atoms with Crippen molar-refractivity contribution in [2.45, 2.75) is 44.9 Å². The molecule has 2 aliphatic rings. The maximum absolute atomic E-state index is 13.7. The summed E-state index contributed by atoms with van der Waals surface area (Å²) in [5.74, 6) is -0.311. The molecular formula is C21H22ClFN4O2S. The predicted molar refractivity (Wildman–Crippen MR) is 115 cm³/mol. The Kier molecular flexibility index (Phi) is 5.42. The van der Waals surface area contributed by atoms with E-state index in [0.717, 1.165) is 5.70 Å². The fourth-order valence-electron chi connectivity index (χ4n) is 3.67. The molecule has 6 nitrogen and oxygen atoms in total. The normalized spacial score (nSPS) is 21.5. The quantitative estimate of drug-likeness (QED) is 0.716. The molecule has 2 aromatic rings. The molecule has 9 heteroatoms. The first-order chi connectivity index (χ1) is 14.1. The van der Waals surface area contributed by atoms with Gasteiger partial charge in [-0.25, -0.2) is 14.2 Å². The molecule has 0 saturated carbocycles. The van der Waals surface area contributed by atoms with Crippen LogP contribution in [0.1, 0.15) is 43.8 Å². The Hall–Kier alpha value is -2.29. The highest BCUT2D eigenvalue weighted by atomic mass is 35.5. The van der Waals surface area contributed by atoms with Gasteiger partial charge < -0.3 is 15.4 Å². The fraction of sp³-hybridized carbons (Fsp3) is 0.381. The minimum Gasteiger partial charge on any atom is -0.456 e. The van der Waals surface area contributed by atoms with Gasteiger partial charge in [0.2, 0.25) is 0 Å². The van der Waals surface area contributed by atoms with Gasteiger partial charge in [-0.05, 0) is 32.9 Å². The van der Waals surface area contributed by atoms with E-state index in [4.69, 9.17) is 27.1 Å². The molecule has 30 heavy (non-hydrogen) atoms. The van der Waals surface area contributed by atoms with Crippen molar-refractivity contribution in [1.29, 1.82) is 0 Å². The van der Waals surface area contributed by atoms with Crippen molar-refractivity contribution in [3.8, 4) is 0 Å². The van der Waals surface area contributed by atoms with Crippen molar-refractivity contribution >= 4 is 34.7 Å². The summed E-state index contributed by atoms with van der Waals surface area (Å²) in [5.41, 5.74) is 7.23. The molecule has 2 aliphatic heterocycles. The number of nitrogens with two attached hydrogens (primary N) is 1. The Labute approximate surface area is 183 Å². The summed E-state index contributed by atoms with van der Waals surface area (Å²) in [5, 5.41) is 2.77. The highest BCUT2D eigenvalue weighted by molar-refractivity contribution is 7.11. The summed E-state index contributed by atoms with van der Waals surface area (Å²) in [7, 11) is 0. The molecule has 1 saturated heterocycles. The number of aliphatic imine (C=N–C) groups is 1. The molecule has 158 valence electrons. The number of hydrogen-bond acceptors (Lipinski definition) is 7. The van der Waals surface area contributed by atoms with Crippen LogP contribution in [0.2, 0.25) is 5.02 Å². The Balaban J connectivity index is 1.90. The molecule has 0 radical (unpaired) electrons. The van der Waals surface area contributed by atoms with E-state index >= 15 is 0 Å². The molecule has 1 aromatic carbocycles. The number of ether oxygens (including phenoxy) is 1. The fourth-order valence-corrected chi connectivity index (χ4v) is 4.58. The summed E-state index contributed by atoms with van der Waals surface area (Å²) in [6.45, 7) is 5.94. The second kappa shape index (κ2) is 7.76. The highest BCUT2D eigenvalue weighted by Gasteiger charge is 2.42. The largest absolute Gasteiger partial charge is 0.456 e. The number of carbonyl (C=O) groups excluding carboxylic acids is 1. The molecule has 0 amide bonds. The first kappa shape index (κ1) is 21.0. The van der Waals surface area contributed by atoms with Gasteiger partial charge in [-0.2, -0.15) is 0 Å². The highest BCUT2D eigenvalue weighted by Crippen LogP contribution is 2.42. The Morgan fingerprint density at radius 2 is 2.17 bits per heavy atom. The van der Waals surface area contributed by atoms with E-state index in [2.05, 4.69) is 4.98 Å². The first-order valence-electron chi connectivity index (χ1n) is 9.56. The van der Waals surface area contributed by atoms with Gasteiger partial charge in [0, 0.05) is 46.9 Å². The van der Waals surface area contributed by atoms with E-state index in [1.54, 1.807) is 33.0 Å². The summed E-state index contributed by atoms with van der Waals surface area (Å²) in [6.07, 6.45) is 2.19. The number of rotatable bonds is 3. The second-order valence-electron chi connectivity index (χ2n) is 8.30. The third-order valence-corrected chi connectivity index (χ3v) is 5.89. The summed E-state index contributed by atoms with van der Waals surface area (Å²) in [4.78, 5) is 24.5. The zero-order valence-corrected chi connectivity index (χ0v) is 18.4. The molecule has 2 N–H and O–H groups in total. The number of thiazole rings is 1. The van der Waals surface area contributed by atoms with Crippen molar-refractivity contribution in [2.75, 3.05) is 6.54 Å². The monoisotopic (exact) mass is 448 g/mol. The smallest absolute Gasteiger partial charge is 0.338 e. The maximum Gasteiger partial charge on any atom is 0.338 e. The lowest BCUT2D eigenvalue weighted by Gasteiger charge is -2.33. The molecule has 0 aliphatic carbocycles. The lowest BCUT2D eigenvalue weighted by Crippen LogP contribution is -2.37. The number of halogens is 2. The van der Waals surface area contributed by atoms with Crippen LogP contribution in [0.25, 0.3) is 0 Å². The standard InChI is InChI=1S/C21H22ClFN4O2S/c1-21(2,3)29-20(28)16-15-9-12(24)10-27(15)18(19-25-6-7-30-19)26-17(16)13-5-4-11(23)8-14(13)22/h4-8,12,17H,9-10,24H2,1-3H3/t12-,17?/m0/s1. The van der Waals surface area contributed by atoms with Gasteiger partial charge in [0.1, 0.15) is 17.5 Å². The van der Waals surface area contributed by atoms with E-state index in [9.17, 15) is 9.18 Å². The molecule has 0 spiro atoms. The summed E-state index contributed by atoms with van der Waals surface area (Å²) < 4.78 is 19.4. The van der Waals surface area contributed by atoms with Gasteiger partial charge in [0.15, 0.2) is 10.8 Å². The van der Waals surface area contributed by atoms with Crippen molar-refractivity contribution in [1.82, 2.24) is 9.88 Å². The van der Waals surface area contributed by atoms with Crippen molar-refractivity contribution in [2.24, 2.45) is 10.7 Å². The van der Waals surface area contributed by atoms with Crippen LogP contribution in [0.4, 0.5) is 4.39 Å². The number of hydrogen-bond donors (Lipinski definition) is 1. The average molecular weight is 449 g/mol. The second-order valence-corrected chi connectivity index (χ2v) is 9.60. The first-order valence-corrected chi connectivity index (χ1v) is 10.8. The average Bonchev–Trinajstić information content (AvgIpc) is 3.28. The summed E-state index contributed by atoms with van der Waals surface area (Å²) >= 11 is 7.82. The zero-order chi connectivity index (χ0) is 21.6. The molecule has 3 heterocycles. The minimum atomic E-state index is -0.747. The van der Waals surface area contributed by atoms with E-state index < -0.39 is 23.4 Å². The molecule has 1 aromatic heterocycles. The number of esters is 1. The van der Waals surface area contributed by atoms with E-state index in [1.165, 1.54) is 23.5 Å². The number of amidine groups is 1. The van der Waals surface area contributed by atoms with E-state index in [-0.39, 0.29) is 11.1 Å². The lowest BCUT2D eigenvalue weighted by atomic mass is 9.94. The van der Waals surface area contributed by atoms with Crippen LogP contribution in [0.3, 0.4) is 0 Å². The number of benzene rings is 1. The number of fused-ring (bicyclic) bond motifs is 1. The number of carbonyl (C=O) groups is 1. The van der Waals surface area contributed by atoms with Gasteiger partial charge >= 0.3 is 5.97 Å². The Morgan fingerprint density at radius 1 is 1.40 bits per heavy atom. The van der Waals surface area contributed by atoms with Gasteiger partial charge in [0.25, 0.3) is 0 Å².